The number of hydrogen-bond acceptors (Lipinski definition) is 7. The van der Waals surface area contributed by atoms with Crippen molar-refractivity contribution in [2.24, 2.45) is 0 Å². The number of benzene rings is 3. The maximum absolute atomic E-state index is 13.5. The molecule has 0 spiro atoms. The molecule has 3 heterocycles. The Morgan fingerprint density at radius 3 is 2.48 bits per heavy atom. The second-order valence-corrected chi connectivity index (χ2v) is 11.5. The van der Waals surface area contributed by atoms with Crippen LogP contribution < -0.4 is 10.6 Å². The van der Waals surface area contributed by atoms with Gasteiger partial charge in [0.25, 0.3) is 5.91 Å². The molecular weight excluding hydrogens is 572 g/mol. The number of aromatic nitrogens is 4. The summed E-state index contributed by atoms with van der Waals surface area (Å²) in [4.78, 5) is 22.4. The van der Waals surface area contributed by atoms with Crippen LogP contribution in [-0.4, -0.2) is 38.2 Å². The maximum atomic E-state index is 13.5. The number of nitrogens with one attached hydrogen (secondary N) is 2. The van der Waals surface area contributed by atoms with E-state index < -0.39 is 0 Å². The third kappa shape index (κ3) is 6.48. The summed E-state index contributed by atoms with van der Waals surface area (Å²) in [5.41, 5.74) is 5.97. The first-order chi connectivity index (χ1) is 22.7. The Morgan fingerprint density at radius 1 is 0.826 bits per heavy atom. The van der Waals surface area contributed by atoms with E-state index in [1.54, 1.807) is 18.6 Å². The van der Waals surface area contributed by atoms with Gasteiger partial charge >= 0.3 is 0 Å². The van der Waals surface area contributed by atoms with Gasteiger partial charge < -0.3 is 15.4 Å². The molecule has 0 saturated heterocycles. The highest BCUT2D eigenvalue weighted by molar-refractivity contribution is 6.08. The highest BCUT2D eigenvalue weighted by Crippen LogP contribution is 2.37. The molecule has 1 saturated carbocycles. The monoisotopic (exact) mass is 606 g/mol. The number of ether oxygens (including phenoxy) is 1. The molecule has 1 amide bonds. The standard InChI is InChI=1S/C38H34N6O2/c45-38(42-33-18-10-19-34(33)46-25-26-11-3-1-4-12-26)29-21-28(22-39-23-29)36-32-17-9-16-31(27-13-5-2-6-14-27)35(32)37(44-43-36)41-24-30-15-7-8-20-40-30/h1-9,11-17,20-23,33-34H,10,18-19,24-25H2,(H,41,44)(H,42,45)/t33-,34-/m0/s1. The molecule has 3 aromatic carbocycles. The van der Waals surface area contributed by atoms with E-state index in [-0.39, 0.29) is 18.1 Å². The van der Waals surface area contributed by atoms with Gasteiger partial charge in [-0.3, -0.25) is 14.8 Å². The van der Waals surface area contributed by atoms with Gasteiger partial charge in [-0.05, 0) is 54.2 Å². The van der Waals surface area contributed by atoms with E-state index >= 15 is 0 Å². The van der Waals surface area contributed by atoms with Gasteiger partial charge in [0, 0.05) is 34.9 Å². The lowest BCUT2D eigenvalue weighted by Crippen LogP contribution is -2.41. The number of hydrogen-bond donors (Lipinski definition) is 2. The molecule has 7 rings (SSSR count). The second-order valence-electron chi connectivity index (χ2n) is 11.5. The minimum atomic E-state index is -0.176. The zero-order valence-electron chi connectivity index (χ0n) is 25.3. The molecule has 8 nitrogen and oxygen atoms in total. The maximum Gasteiger partial charge on any atom is 0.253 e. The number of rotatable bonds is 10. The van der Waals surface area contributed by atoms with E-state index in [9.17, 15) is 4.79 Å². The minimum absolute atomic E-state index is 0.0300. The summed E-state index contributed by atoms with van der Waals surface area (Å²) < 4.78 is 6.23. The van der Waals surface area contributed by atoms with Crippen molar-refractivity contribution in [3.05, 3.63) is 139 Å². The number of carbonyl (C=O) groups excluding carboxylic acids is 1. The summed E-state index contributed by atoms with van der Waals surface area (Å²) in [5.74, 6) is 0.485. The predicted octanol–water partition coefficient (Wildman–Crippen LogP) is 7.23. The van der Waals surface area contributed by atoms with Crippen molar-refractivity contribution >= 4 is 22.5 Å². The molecule has 228 valence electrons. The van der Waals surface area contributed by atoms with Crippen LogP contribution in [0.2, 0.25) is 0 Å². The molecule has 2 N–H and O–H groups in total. The molecule has 6 aromatic rings. The third-order valence-electron chi connectivity index (χ3n) is 8.40. The molecule has 0 aliphatic heterocycles. The first kappa shape index (κ1) is 29.3. The van der Waals surface area contributed by atoms with E-state index in [0.717, 1.165) is 58.0 Å². The average molecular weight is 607 g/mol. The predicted molar refractivity (Wildman–Crippen MR) is 180 cm³/mol. The summed E-state index contributed by atoms with van der Waals surface area (Å²) >= 11 is 0. The van der Waals surface area contributed by atoms with Crippen LogP contribution in [0, 0.1) is 0 Å². The molecule has 1 aliphatic carbocycles. The van der Waals surface area contributed by atoms with Crippen molar-refractivity contribution < 1.29 is 9.53 Å². The van der Waals surface area contributed by atoms with E-state index in [1.807, 2.05) is 72.8 Å². The Balaban J connectivity index is 1.17. The van der Waals surface area contributed by atoms with Crippen molar-refractivity contribution in [1.82, 2.24) is 25.5 Å². The number of fused-ring (bicyclic) bond motifs is 1. The van der Waals surface area contributed by atoms with E-state index in [1.165, 1.54) is 0 Å². The highest BCUT2D eigenvalue weighted by Gasteiger charge is 2.30. The van der Waals surface area contributed by atoms with Gasteiger partial charge in [0.05, 0.1) is 36.6 Å². The molecule has 0 bridgehead atoms. The molecule has 0 unspecified atom stereocenters. The largest absolute Gasteiger partial charge is 0.371 e. The third-order valence-corrected chi connectivity index (χ3v) is 8.40. The number of nitrogens with zero attached hydrogens (tertiary/aromatic N) is 4. The van der Waals surface area contributed by atoms with Crippen LogP contribution in [0.5, 0.6) is 0 Å². The molecule has 2 atom stereocenters. The Hall–Kier alpha value is -5.47. The van der Waals surface area contributed by atoms with Crippen molar-refractivity contribution in [3.63, 3.8) is 0 Å². The lowest BCUT2D eigenvalue weighted by molar-refractivity contribution is 0.0272. The van der Waals surface area contributed by atoms with Crippen molar-refractivity contribution in [2.45, 2.75) is 44.6 Å². The van der Waals surface area contributed by atoms with Crippen LogP contribution in [0.25, 0.3) is 33.2 Å². The lowest BCUT2D eigenvalue weighted by Gasteiger charge is -2.21. The van der Waals surface area contributed by atoms with E-state index in [4.69, 9.17) is 4.74 Å². The van der Waals surface area contributed by atoms with Crippen LogP contribution in [0.4, 0.5) is 5.82 Å². The van der Waals surface area contributed by atoms with Crippen molar-refractivity contribution in [1.29, 1.82) is 0 Å². The summed E-state index contributed by atoms with van der Waals surface area (Å²) in [6, 6.07) is 34.1. The fraction of sp³-hybridized carbons (Fsp3) is 0.184. The van der Waals surface area contributed by atoms with Crippen molar-refractivity contribution in [2.75, 3.05) is 5.32 Å². The van der Waals surface area contributed by atoms with Crippen LogP contribution >= 0.6 is 0 Å². The van der Waals surface area contributed by atoms with E-state index in [2.05, 4.69) is 61.1 Å². The van der Waals surface area contributed by atoms with Gasteiger partial charge in [0.15, 0.2) is 5.82 Å². The molecule has 1 aliphatic rings. The molecule has 0 radical (unpaired) electrons. The first-order valence-electron chi connectivity index (χ1n) is 15.6. The fourth-order valence-electron chi connectivity index (χ4n) is 6.09. The molecular formula is C38H34N6O2. The Bertz CT molecular complexity index is 1940. The fourth-order valence-corrected chi connectivity index (χ4v) is 6.09. The molecule has 8 heteroatoms. The Kier molecular flexibility index (Phi) is 8.69. The minimum Gasteiger partial charge on any atom is -0.371 e. The SMILES string of the molecule is O=C(N[C@H]1CCC[C@@H]1OCc1ccccc1)c1cncc(-c2nnc(NCc3ccccn3)c3c(-c4ccccc4)cccc23)c1. The van der Waals surface area contributed by atoms with E-state index in [0.29, 0.717) is 30.2 Å². The topological polar surface area (TPSA) is 102 Å². The highest BCUT2D eigenvalue weighted by atomic mass is 16.5. The number of pyridine rings is 2. The van der Waals surface area contributed by atoms with Gasteiger partial charge in [-0.25, -0.2) is 0 Å². The molecule has 46 heavy (non-hydrogen) atoms. The van der Waals surface area contributed by atoms with Crippen LogP contribution in [0.3, 0.4) is 0 Å². The summed E-state index contributed by atoms with van der Waals surface area (Å²) in [6.07, 6.45) is 7.89. The number of anilines is 1. The van der Waals surface area contributed by atoms with Crippen LogP contribution in [0.1, 0.15) is 40.9 Å². The number of carbonyl (C=O) groups is 1. The lowest BCUT2D eigenvalue weighted by atomic mass is 9.96. The van der Waals surface area contributed by atoms with Crippen LogP contribution in [0.15, 0.2) is 122 Å². The molecule has 3 aromatic heterocycles. The van der Waals surface area contributed by atoms with Gasteiger partial charge in [-0.2, -0.15) is 0 Å². The zero-order valence-corrected chi connectivity index (χ0v) is 25.3. The summed E-state index contributed by atoms with van der Waals surface area (Å²) in [7, 11) is 0. The smallest absolute Gasteiger partial charge is 0.253 e. The second kappa shape index (κ2) is 13.7. The quantitative estimate of drug-likeness (QED) is 0.170. The van der Waals surface area contributed by atoms with Crippen LogP contribution in [-0.2, 0) is 17.9 Å². The molecule has 1 fully saturated rings. The summed E-state index contributed by atoms with van der Waals surface area (Å²) in [5, 5.41) is 17.9. The zero-order chi connectivity index (χ0) is 31.1. The average Bonchev–Trinajstić information content (AvgIpc) is 3.57. The van der Waals surface area contributed by atoms with Gasteiger partial charge in [0.2, 0.25) is 0 Å². The number of amides is 1. The van der Waals surface area contributed by atoms with Gasteiger partial charge in [0.1, 0.15) is 5.69 Å². The first-order valence-corrected chi connectivity index (χ1v) is 15.6. The Morgan fingerprint density at radius 2 is 1.65 bits per heavy atom. The van der Waals surface area contributed by atoms with Crippen molar-refractivity contribution in [3.8, 4) is 22.4 Å². The van der Waals surface area contributed by atoms with Gasteiger partial charge in [-0.1, -0.05) is 84.9 Å². The Labute approximate surface area is 267 Å². The normalized spacial score (nSPS) is 15.9. The summed E-state index contributed by atoms with van der Waals surface area (Å²) in [6.45, 7) is 1.03. The van der Waals surface area contributed by atoms with Gasteiger partial charge in [-0.15, -0.1) is 10.2 Å².